The minimum atomic E-state index is -0.534. The fourth-order valence-corrected chi connectivity index (χ4v) is 6.18. The first-order valence-electron chi connectivity index (χ1n) is 14.4. The van der Waals surface area contributed by atoms with E-state index >= 15 is 0 Å². The molecule has 0 aliphatic heterocycles. The zero-order valence-electron chi connectivity index (χ0n) is 23.6. The van der Waals surface area contributed by atoms with E-state index in [0.717, 1.165) is 19.5 Å². The summed E-state index contributed by atoms with van der Waals surface area (Å²) < 4.78 is 0. The van der Waals surface area contributed by atoms with E-state index in [9.17, 15) is 0 Å². The monoisotopic (exact) mass is 535 g/mol. The number of aromatic nitrogens is 1. The highest BCUT2D eigenvalue weighted by molar-refractivity contribution is 5.83. The fraction of sp³-hybridized carbons (Fsp3) is 0.158. The summed E-state index contributed by atoms with van der Waals surface area (Å²) >= 11 is 0. The topological polar surface area (TPSA) is 31.1 Å². The van der Waals surface area contributed by atoms with Crippen molar-refractivity contribution in [1.29, 1.82) is 0 Å². The molecule has 6 aromatic rings. The van der Waals surface area contributed by atoms with Gasteiger partial charge in [-0.25, -0.2) is 0 Å². The van der Waals surface area contributed by atoms with Crippen LogP contribution in [0.1, 0.15) is 27.8 Å². The Morgan fingerprint density at radius 3 is 1.68 bits per heavy atom. The molecule has 0 saturated carbocycles. The van der Waals surface area contributed by atoms with Crippen molar-refractivity contribution in [3.63, 3.8) is 0 Å². The predicted molar refractivity (Wildman–Crippen MR) is 171 cm³/mol. The Morgan fingerprint density at radius 2 is 1.12 bits per heavy atom. The quantitative estimate of drug-likeness (QED) is 0.166. The van der Waals surface area contributed by atoms with Gasteiger partial charge in [-0.2, -0.15) is 0 Å². The third kappa shape index (κ3) is 5.88. The Bertz CT molecular complexity index is 1550. The summed E-state index contributed by atoms with van der Waals surface area (Å²) in [6, 6.07) is 52.2. The van der Waals surface area contributed by atoms with Crippen LogP contribution in [0.4, 0.5) is 0 Å². The molecule has 6 rings (SSSR count). The molecule has 1 aromatic heterocycles. The second-order valence-corrected chi connectivity index (χ2v) is 10.9. The first-order valence-corrected chi connectivity index (χ1v) is 14.4. The number of hydrogen-bond donors (Lipinski definition) is 2. The van der Waals surface area contributed by atoms with Gasteiger partial charge < -0.3 is 9.88 Å². The molecule has 0 amide bonds. The number of fused-ring (bicyclic) bond motifs is 1. The maximum absolute atomic E-state index is 4.28. The van der Waals surface area contributed by atoms with Crippen LogP contribution in [0.2, 0.25) is 0 Å². The van der Waals surface area contributed by atoms with Gasteiger partial charge in [0.25, 0.3) is 0 Å². The number of nitrogens with zero attached hydrogens (tertiary/aromatic N) is 1. The lowest BCUT2D eigenvalue weighted by Crippen LogP contribution is -2.53. The van der Waals surface area contributed by atoms with Gasteiger partial charge in [-0.15, -0.1) is 0 Å². The third-order valence-corrected chi connectivity index (χ3v) is 8.01. The van der Waals surface area contributed by atoms with Crippen molar-refractivity contribution in [3.05, 3.63) is 180 Å². The number of benzene rings is 5. The first kappa shape index (κ1) is 26.8. The fourth-order valence-electron chi connectivity index (χ4n) is 6.18. The van der Waals surface area contributed by atoms with Crippen molar-refractivity contribution in [1.82, 2.24) is 15.2 Å². The van der Waals surface area contributed by atoms with Crippen molar-refractivity contribution in [2.24, 2.45) is 0 Å². The molecule has 0 radical (unpaired) electrons. The molecule has 0 saturated heterocycles. The van der Waals surface area contributed by atoms with Crippen LogP contribution in [-0.4, -0.2) is 29.5 Å². The Balaban J connectivity index is 1.45. The van der Waals surface area contributed by atoms with Crippen molar-refractivity contribution in [2.75, 3.05) is 13.6 Å². The van der Waals surface area contributed by atoms with Gasteiger partial charge in [-0.1, -0.05) is 140 Å². The van der Waals surface area contributed by atoms with Crippen LogP contribution < -0.4 is 5.32 Å². The largest absolute Gasteiger partial charge is 0.361 e. The Labute approximate surface area is 243 Å². The van der Waals surface area contributed by atoms with Gasteiger partial charge in [-0.3, -0.25) is 5.32 Å². The van der Waals surface area contributed by atoms with Crippen molar-refractivity contribution in [2.45, 2.75) is 24.5 Å². The lowest BCUT2D eigenvalue weighted by atomic mass is 9.76. The molecule has 3 nitrogen and oxygen atoms in total. The smallest absolute Gasteiger partial charge is 0.0950 e. The van der Waals surface area contributed by atoms with Gasteiger partial charge >= 0.3 is 0 Å². The summed E-state index contributed by atoms with van der Waals surface area (Å²) in [5.41, 5.74) is 6.98. The highest BCUT2D eigenvalue weighted by Gasteiger charge is 2.38. The summed E-state index contributed by atoms with van der Waals surface area (Å²) in [6.45, 7) is 1.77. The average molecular weight is 536 g/mol. The standard InChI is InChI=1S/C38H37N3/c1-41(28-30-16-6-2-7-17-30)29-35(26-31-27-39-37-25-15-14-24-36(31)37)40-38(32-18-8-3-9-19-32,33-20-10-4-11-21-33)34-22-12-5-13-23-34/h2-25,27,35,39-40H,26,28-29H2,1H3. The van der Waals surface area contributed by atoms with E-state index in [1.165, 1.54) is 38.7 Å². The highest BCUT2D eigenvalue weighted by atomic mass is 15.1. The van der Waals surface area contributed by atoms with E-state index < -0.39 is 5.54 Å². The molecular weight excluding hydrogens is 498 g/mol. The summed E-state index contributed by atoms with van der Waals surface area (Å²) in [5.74, 6) is 0. The summed E-state index contributed by atoms with van der Waals surface area (Å²) in [5, 5.41) is 5.57. The Kier molecular flexibility index (Phi) is 8.09. The summed E-state index contributed by atoms with van der Waals surface area (Å²) in [6.07, 6.45) is 3.07. The highest BCUT2D eigenvalue weighted by Crippen LogP contribution is 2.38. The van der Waals surface area contributed by atoms with Gasteiger partial charge in [0.2, 0.25) is 0 Å². The van der Waals surface area contributed by atoms with Crippen LogP contribution in [0.5, 0.6) is 0 Å². The predicted octanol–water partition coefficient (Wildman–Crippen LogP) is 7.79. The zero-order chi connectivity index (χ0) is 27.9. The van der Waals surface area contributed by atoms with Crippen LogP contribution in [0.15, 0.2) is 152 Å². The van der Waals surface area contributed by atoms with E-state index in [1.54, 1.807) is 0 Å². The number of likely N-dealkylation sites (N-methyl/N-ethyl adjacent to an activating group) is 1. The Hall–Kier alpha value is -4.44. The minimum Gasteiger partial charge on any atom is -0.361 e. The van der Waals surface area contributed by atoms with Gasteiger partial charge in [0.05, 0.1) is 5.54 Å². The molecule has 0 aliphatic rings. The van der Waals surface area contributed by atoms with Crippen LogP contribution >= 0.6 is 0 Å². The number of nitrogens with one attached hydrogen (secondary N) is 2. The van der Waals surface area contributed by atoms with Gasteiger partial charge in [0.15, 0.2) is 0 Å². The number of rotatable bonds is 11. The van der Waals surface area contributed by atoms with Crippen molar-refractivity contribution in [3.8, 4) is 0 Å². The second-order valence-electron chi connectivity index (χ2n) is 10.9. The lowest BCUT2D eigenvalue weighted by Gasteiger charge is -2.41. The molecule has 204 valence electrons. The van der Waals surface area contributed by atoms with Crippen LogP contribution in [0, 0.1) is 0 Å². The SMILES string of the molecule is CN(Cc1ccccc1)CC(Cc1c[nH]c2ccccc12)NC(c1ccccc1)(c1ccccc1)c1ccccc1. The number of hydrogen-bond acceptors (Lipinski definition) is 2. The van der Waals surface area contributed by atoms with Crippen LogP contribution in [-0.2, 0) is 18.5 Å². The molecule has 0 aliphatic carbocycles. The van der Waals surface area contributed by atoms with Crippen LogP contribution in [0.3, 0.4) is 0 Å². The lowest BCUT2D eigenvalue weighted by molar-refractivity contribution is 0.257. The second kappa shape index (κ2) is 12.4. The average Bonchev–Trinajstić information content (AvgIpc) is 3.44. The summed E-state index contributed by atoms with van der Waals surface area (Å²) in [4.78, 5) is 5.94. The molecule has 41 heavy (non-hydrogen) atoms. The molecule has 1 heterocycles. The molecule has 0 fully saturated rings. The summed E-state index contributed by atoms with van der Waals surface area (Å²) in [7, 11) is 2.23. The van der Waals surface area contributed by atoms with Crippen molar-refractivity contribution >= 4 is 10.9 Å². The molecule has 2 N–H and O–H groups in total. The molecule has 1 unspecified atom stereocenters. The molecule has 1 atom stereocenters. The van der Waals surface area contributed by atoms with E-state index in [4.69, 9.17) is 0 Å². The molecular formula is C38H37N3. The van der Waals surface area contributed by atoms with E-state index in [0.29, 0.717) is 0 Å². The van der Waals surface area contributed by atoms with E-state index in [1.807, 2.05) is 0 Å². The maximum atomic E-state index is 4.28. The van der Waals surface area contributed by atoms with Gasteiger partial charge in [-0.05, 0) is 47.4 Å². The van der Waals surface area contributed by atoms with Crippen molar-refractivity contribution < 1.29 is 0 Å². The molecule has 0 bridgehead atoms. The zero-order valence-corrected chi connectivity index (χ0v) is 23.6. The normalized spacial score (nSPS) is 12.5. The molecule has 5 aromatic carbocycles. The van der Waals surface area contributed by atoms with Gasteiger partial charge in [0, 0.05) is 36.2 Å². The minimum absolute atomic E-state index is 0.142. The van der Waals surface area contributed by atoms with Gasteiger partial charge in [0.1, 0.15) is 0 Å². The number of H-pyrrole nitrogens is 1. The molecule has 3 heteroatoms. The number of para-hydroxylation sites is 1. The Morgan fingerprint density at radius 1 is 0.634 bits per heavy atom. The van der Waals surface area contributed by atoms with E-state index in [-0.39, 0.29) is 6.04 Å². The van der Waals surface area contributed by atoms with E-state index in [2.05, 4.69) is 174 Å². The third-order valence-electron chi connectivity index (χ3n) is 8.01. The van der Waals surface area contributed by atoms with Crippen LogP contribution in [0.25, 0.3) is 10.9 Å². The maximum Gasteiger partial charge on any atom is 0.0950 e. The first-order chi connectivity index (χ1) is 20.2. The number of aromatic amines is 1. The molecule has 0 spiro atoms.